The zero-order chi connectivity index (χ0) is 17.8. The summed E-state index contributed by atoms with van der Waals surface area (Å²) in [6, 6.07) is 18.5. The lowest BCUT2D eigenvalue weighted by Gasteiger charge is -2.21. The highest BCUT2D eigenvalue weighted by Crippen LogP contribution is 2.22. The van der Waals surface area contributed by atoms with Gasteiger partial charge in [0.15, 0.2) is 0 Å². The zero-order valence-electron chi connectivity index (χ0n) is 14.8. The van der Waals surface area contributed by atoms with E-state index in [0.29, 0.717) is 26.1 Å². The van der Waals surface area contributed by atoms with Gasteiger partial charge in [0.25, 0.3) is 0 Å². The second-order valence-corrected chi connectivity index (χ2v) is 6.59. The van der Waals surface area contributed by atoms with Gasteiger partial charge in [0.05, 0.1) is 5.92 Å². The molecule has 0 N–H and O–H groups in total. The van der Waals surface area contributed by atoms with E-state index in [-0.39, 0.29) is 17.7 Å². The Hall–Kier alpha value is -2.62. The maximum absolute atomic E-state index is 12.6. The van der Waals surface area contributed by atoms with Crippen LogP contribution in [0.15, 0.2) is 54.6 Å². The first-order valence-corrected chi connectivity index (χ1v) is 8.75. The predicted octanol–water partition coefficient (Wildman–Crippen LogP) is 3.18. The number of hydrogen-bond acceptors (Lipinski definition) is 2. The zero-order valence-corrected chi connectivity index (χ0v) is 14.8. The lowest BCUT2D eigenvalue weighted by molar-refractivity contribution is -0.135. The average Bonchev–Trinajstić information content (AvgIpc) is 3.03. The Morgan fingerprint density at radius 2 is 1.72 bits per heavy atom. The minimum Gasteiger partial charge on any atom is -0.342 e. The number of carbonyl (C=O) groups is 2. The van der Waals surface area contributed by atoms with Crippen molar-refractivity contribution in [2.75, 3.05) is 20.1 Å². The fraction of sp³-hybridized carbons (Fsp3) is 0.333. The van der Waals surface area contributed by atoms with Crippen LogP contribution in [-0.4, -0.2) is 41.8 Å². The Morgan fingerprint density at radius 3 is 2.32 bits per heavy atom. The van der Waals surface area contributed by atoms with Crippen molar-refractivity contribution in [3.05, 3.63) is 60.2 Å². The summed E-state index contributed by atoms with van der Waals surface area (Å²) in [6.07, 6.45) is 0.337. The maximum atomic E-state index is 12.6. The van der Waals surface area contributed by atoms with Gasteiger partial charge in [-0.05, 0) is 23.6 Å². The normalized spacial score (nSPS) is 17.0. The molecule has 1 aliphatic heterocycles. The molecule has 25 heavy (non-hydrogen) atoms. The number of likely N-dealkylation sites (tertiary alicyclic amines) is 1. The van der Waals surface area contributed by atoms with E-state index >= 15 is 0 Å². The highest BCUT2D eigenvalue weighted by atomic mass is 16.2. The van der Waals surface area contributed by atoms with Gasteiger partial charge in [-0.2, -0.15) is 0 Å². The molecule has 0 unspecified atom stereocenters. The first-order chi connectivity index (χ1) is 12.1. The Balaban J connectivity index is 1.62. The summed E-state index contributed by atoms with van der Waals surface area (Å²) < 4.78 is 0. The van der Waals surface area contributed by atoms with Gasteiger partial charge in [-0.1, -0.05) is 54.6 Å². The van der Waals surface area contributed by atoms with E-state index in [1.807, 2.05) is 32.2 Å². The van der Waals surface area contributed by atoms with Crippen LogP contribution in [0.4, 0.5) is 0 Å². The monoisotopic (exact) mass is 336 g/mol. The van der Waals surface area contributed by atoms with Crippen LogP contribution in [0, 0.1) is 5.92 Å². The Kier molecular flexibility index (Phi) is 5.17. The standard InChI is InChI=1S/C21H24N2O2/c1-3-23-15-19(13-20(23)24)21(25)22(2)14-16-9-11-18(12-10-16)17-7-5-4-6-8-17/h4-12,19H,3,13-15H2,1-2H3/t19-/m1/s1. The van der Waals surface area contributed by atoms with E-state index in [2.05, 4.69) is 36.4 Å². The van der Waals surface area contributed by atoms with Crippen molar-refractivity contribution in [2.45, 2.75) is 19.9 Å². The van der Waals surface area contributed by atoms with E-state index in [9.17, 15) is 9.59 Å². The molecule has 0 spiro atoms. The second kappa shape index (κ2) is 7.51. The maximum Gasteiger partial charge on any atom is 0.228 e. The number of benzene rings is 2. The smallest absolute Gasteiger partial charge is 0.228 e. The molecule has 2 amide bonds. The number of rotatable bonds is 5. The summed E-state index contributed by atoms with van der Waals surface area (Å²) in [6.45, 7) is 3.73. The van der Waals surface area contributed by atoms with Crippen LogP contribution >= 0.6 is 0 Å². The van der Waals surface area contributed by atoms with Crippen molar-refractivity contribution in [1.29, 1.82) is 0 Å². The molecule has 2 aromatic carbocycles. The Morgan fingerprint density at radius 1 is 1.08 bits per heavy atom. The van der Waals surface area contributed by atoms with Gasteiger partial charge in [-0.3, -0.25) is 9.59 Å². The van der Waals surface area contributed by atoms with Gasteiger partial charge in [0.1, 0.15) is 0 Å². The topological polar surface area (TPSA) is 40.6 Å². The predicted molar refractivity (Wildman–Crippen MR) is 98.7 cm³/mol. The molecule has 0 radical (unpaired) electrons. The van der Waals surface area contributed by atoms with Crippen LogP contribution in [0.3, 0.4) is 0 Å². The van der Waals surface area contributed by atoms with Crippen LogP contribution < -0.4 is 0 Å². The van der Waals surface area contributed by atoms with E-state index in [1.165, 1.54) is 11.1 Å². The molecular formula is C21H24N2O2. The SMILES string of the molecule is CCN1C[C@H](C(=O)N(C)Cc2ccc(-c3ccccc3)cc2)CC1=O. The minimum absolute atomic E-state index is 0.0523. The number of nitrogens with zero attached hydrogens (tertiary/aromatic N) is 2. The van der Waals surface area contributed by atoms with Gasteiger partial charge >= 0.3 is 0 Å². The molecule has 1 aliphatic rings. The largest absolute Gasteiger partial charge is 0.342 e. The van der Waals surface area contributed by atoms with Gasteiger partial charge in [0, 0.05) is 33.1 Å². The summed E-state index contributed by atoms with van der Waals surface area (Å²) >= 11 is 0. The van der Waals surface area contributed by atoms with Crippen molar-refractivity contribution in [3.8, 4) is 11.1 Å². The molecule has 3 rings (SSSR count). The first-order valence-electron chi connectivity index (χ1n) is 8.75. The lowest BCUT2D eigenvalue weighted by Crippen LogP contribution is -2.34. The summed E-state index contributed by atoms with van der Waals surface area (Å²) in [5.41, 5.74) is 3.44. The van der Waals surface area contributed by atoms with Gasteiger partial charge in [0.2, 0.25) is 11.8 Å². The molecule has 0 aromatic heterocycles. The van der Waals surface area contributed by atoms with Crippen LogP contribution in [0.1, 0.15) is 18.9 Å². The van der Waals surface area contributed by atoms with Crippen LogP contribution in [0.2, 0.25) is 0 Å². The summed E-state index contributed by atoms with van der Waals surface area (Å²) in [7, 11) is 1.81. The van der Waals surface area contributed by atoms with E-state index in [0.717, 1.165) is 5.56 Å². The highest BCUT2D eigenvalue weighted by molar-refractivity contribution is 5.89. The second-order valence-electron chi connectivity index (χ2n) is 6.59. The number of amides is 2. The summed E-state index contributed by atoms with van der Waals surface area (Å²) in [4.78, 5) is 27.9. The minimum atomic E-state index is -0.207. The molecule has 130 valence electrons. The molecule has 1 fully saturated rings. The average molecular weight is 336 g/mol. The van der Waals surface area contributed by atoms with Crippen molar-refractivity contribution in [3.63, 3.8) is 0 Å². The molecule has 0 aliphatic carbocycles. The molecule has 1 heterocycles. The van der Waals surface area contributed by atoms with E-state index < -0.39 is 0 Å². The van der Waals surface area contributed by atoms with Crippen molar-refractivity contribution in [1.82, 2.24) is 9.80 Å². The Bertz CT molecular complexity index is 740. The van der Waals surface area contributed by atoms with Crippen LogP contribution in [0.25, 0.3) is 11.1 Å². The van der Waals surface area contributed by atoms with Crippen LogP contribution in [-0.2, 0) is 16.1 Å². The first kappa shape index (κ1) is 17.2. The van der Waals surface area contributed by atoms with Crippen molar-refractivity contribution in [2.24, 2.45) is 5.92 Å². The third-order valence-corrected chi connectivity index (χ3v) is 4.80. The molecule has 1 saturated heterocycles. The molecule has 0 saturated carbocycles. The highest BCUT2D eigenvalue weighted by Gasteiger charge is 2.34. The van der Waals surface area contributed by atoms with Crippen LogP contribution in [0.5, 0.6) is 0 Å². The van der Waals surface area contributed by atoms with Gasteiger partial charge < -0.3 is 9.80 Å². The molecule has 4 nitrogen and oxygen atoms in total. The van der Waals surface area contributed by atoms with E-state index in [4.69, 9.17) is 0 Å². The third kappa shape index (κ3) is 3.90. The number of hydrogen-bond donors (Lipinski definition) is 0. The summed E-state index contributed by atoms with van der Waals surface area (Å²) in [5.74, 6) is -0.0704. The molecule has 4 heteroatoms. The lowest BCUT2D eigenvalue weighted by atomic mass is 10.0. The van der Waals surface area contributed by atoms with E-state index in [1.54, 1.807) is 9.80 Å². The Labute approximate surface area is 149 Å². The molecule has 0 bridgehead atoms. The van der Waals surface area contributed by atoms with Gasteiger partial charge in [-0.15, -0.1) is 0 Å². The third-order valence-electron chi connectivity index (χ3n) is 4.80. The fourth-order valence-corrected chi connectivity index (χ4v) is 3.34. The number of carbonyl (C=O) groups excluding carboxylic acids is 2. The van der Waals surface area contributed by atoms with Gasteiger partial charge in [-0.25, -0.2) is 0 Å². The molecule has 2 aromatic rings. The fourth-order valence-electron chi connectivity index (χ4n) is 3.34. The van der Waals surface area contributed by atoms with Crippen molar-refractivity contribution < 1.29 is 9.59 Å². The summed E-state index contributed by atoms with van der Waals surface area (Å²) in [5, 5.41) is 0. The quantitative estimate of drug-likeness (QED) is 0.841. The van der Waals surface area contributed by atoms with Crippen molar-refractivity contribution >= 4 is 11.8 Å². The molecular weight excluding hydrogens is 312 g/mol. The molecule has 1 atom stereocenters.